The first-order valence-electron chi connectivity index (χ1n) is 5.41. The summed E-state index contributed by atoms with van der Waals surface area (Å²) in [7, 11) is 1.47. The van der Waals surface area contributed by atoms with Crippen LogP contribution < -0.4 is 14.8 Å². The van der Waals surface area contributed by atoms with Crippen LogP contribution in [0, 0.1) is 5.41 Å². The number of methoxy groups -OCH3 is 1. The van der Waals surface area contributed by atoms with E-state index in [1.165, 1.54) is 31.6 Å². The molecule has 1 aromatic carbocycles. The topological polar surface area (TPSA) is 84.5 Å². The predicted octanol–water partition coefficient (Wildman–Crippen LogP) is 1.82. The average Bonchev–Trinajstić information content (AvgIpc) is 2.42. The Morgan fingerprint density at radius 3 is 2.74 bits per heavy atom. The summed E-state index contributed by atoms with van der Waals surface area (Å²) in [6, 6.07) is 6.07. The van der Waals surface area contributed by atoms with Crippen molar-refractivity contribution in [3.63, 3.8) is 0 Å². The average molecular weight is 260 g/mol. The van der Waals surface area contributed by atoms with Crippen molar-refractivity contribution in [1.82, 2.24) is 4.73 Å². The van der Waals surface area contributed by atoms with E-state index in [1.807, 2.05) is 0 Å². The van der Waals surface area contributed by atoms with Gasteiger partial charge in [0.2, 0.25) is 0 Å². The minimum atomic E-state index is 0.101. The maximum Gasteiger partial charge on any atom is 0.172 e. The number of aromatic nitrogens is 1. The van der Waals surface area contributed by atoms with Crippen LogP contribution in [-0.4, -0.2) is 23.3 Å². The van der Waals surface area contributed by atoms with Crippen LogP contribution in [0.1, 0.15) is 10.4 Å². The molecule has 2 N–H and O–H groups in total. The molecule has 2 aromatic rings. The zero-order valence-electron chi connectivity index (χ0n) is 10.2. The number of aldehydes is 1. The normalized spacial score (nSPS) is 9.95. The fourth-order valence-corrected chi connectivity index (χ4v) is 1.51. The van der Waals surface area contributed by atoms with E-state index in [2.05, 4.69) is 0 Å². The quantitative estimate of drug-likeness (QED) is 0.648. The van der Waals surface area contributed by atoms with E-state index in [-0.39, 0.29) is 11.1 Å². The minimum absolute atomic E-state index is 0.101. The summed E-state index contributed by atoms with van der Waals surface area (Å²) in [4.78, 5) is 10.8. The Hall–Kier alpha value is -2.76. The van der Waals surface area contributed by atoms with Gasteiger partial charge in [0.25, 0.3) is 0 Å². The molecule has 0 aliphatic carbocycles. The number of nitrogens with one attached hydrogen (secondary N) is 1. The molecular weight excluding hydrogens is 248 g/mol. The lowest BCUT2D eigenvalue weighted by atomic mass is 10.2. The standard InChI is InChI=1S/C13H12N2O4/c1-18-11-3-2-9(8-16)6-12(11)19-13-7-15(17)5-4-10(13)14/h2-8,14,17H,1H3. The molecule has 0 aliphatic heterocycles. The van der Waals surface area contributed by atoms with Crippen LogP contribution in [0.25, 0.3) is 0 Å². The van der Waals surface area contributed by atoms with E-state index >= 15 is 0 Å². The molecule has 2 rings (SSSR count). The lowest BCUT2D eigenvalue weighted by Crippen LogP contribution is -2.07. The number of hydrogen-bond donors (Lipinski definition) is 2. The summed E-state index contributed by atoms with van der Waals surface area (Å²) >= 11 is 0. The zero-order valence-corrected chi connectivity index (χ0v) is 10.2. The lowest BCUT2D eigenvalue weighted by molar-refractivity contribution is 0.112. The van der Waals surface area contributed by atoms with Gasteiger partial charge in [-0.05, 0) is 24.3 Å². The van der Waals surface area contributed by atoms with Gasteiger partial charge in [-0.25, -0.2) is 0 Å². The highest BCUT2D eigenvalue weighted by Gasteiger charge is 2.08. The third kappa shape index (κ3) is 2.74. The number of ether oxygens (including phenoxy) is 2. The maximum absolute atomic E-state index is 10.8. The molecule has 19 heavy (non-hydrogen) atoms. The lowest BCUT2D eigenvalue weighted by Gasteiger charge is -2.11. The number of hydrogen-bond acceptors (Lipinski definition) is 5. The summed E-state index contributed by atoms with van der Waals surface area (Å²) in [5.74, 6) is 0.872. The van der Waals surface area contributed by atoms with Gasteiger partial charge in [-0.1, -0.05) is 0 Å². The maximum atomic E-state index is 10.8. The number of carbonyl (C=O) groups is 1. The summed E-state index contributed by atoms with van der Waals surface area (Å²) in [6.45, 7) is 0. The van der Waals surface area contributed by atoms with Gasteiger partial charge in [-0.2, -0.15) is 4.73 Å². The number of carbonyl (C=O) groups excluding carboxylic acids is 1. The van der Waals surface area contributed by atoms with Gasteiger partial charge >= 0.3 is 0 Å². The van der Waals surface area contributed by atoms with E-state index in [1.54, 1.807) is 12.1 Å². The molecule has 6 heteroatoms. The van der Waals surface area contributed by atoms with Crippen molar-refractivity contribution >= 4 is 6.29 Å². The first-order chi connectivity index (χ1) is 9.13. The third-order valence-corrected chi connectivity index (χ3v) is 2.45. The van der Waals surface area contributed by atoms with Crippen LogP contribution in [0.5, 0.6) is 17.2 Å². The smallest absolute Gasteiger partial charge is 0.172 e. The highest BCUT2D eigenvalue weighted by Crippen LogP contribution is 2.30. The van der Waals surface area contributed by atoms with Gasteiger partial charge in [0.15, 0.2) is 17.2 Å². The van der Waals surface area contributed by atoms with Crippen LogP contribution in [0.2, 0.25) is 0 Å². The molecule has 0 unspecified atom stereocenters. The fourth-order valence-electron chi connectivity index (χ4n) is 1.51. The zero-order chi connectivity index (χ0) is 13.8. The number of pyridine rings is 1. The van der Waals surface area contributed by atoms with Gasteiger partial charge < -0.3 is 14.7 Å². The van der Waals surface area contributed by atoms with E-state index in [4.69, 9.17) is 14.9 Å². The Kier molecular flexibility index (Phi) is 3.51. The molecule has 0 amide bonds. The highest BCUT2D eigenvalue weighted by molar-refractivity contribution is 5.76. The van der Waals surface area contributed by atoms with Crippen LogP contribution in [0.15, 0.2) is 36.7 Å². The van der Waals surface area contributed by atoms with Crippen LogP contribution in [-0.2, 0) is 0 Å². The number of nitrogens with zero attached hydrogens (tertiary/aromatic N) is 1. The summed E-state index contributed by atoms with van der Waals surface area (Å²) in [6.07, 6.45) is 3.24. The van der Waals surface area contributed by atoms with Crippen LogP contribution in [0.3, 0.4) is 0 Å². The van der Waals surface area contributed by atoms with Crippen molar-refractivity contribution in [3.05, 3.63) is 47.6 Å². The Morgan fingerprint density at radius 2 is 2.05 bits per heavy atom. The molecule has 0 spiro atoms. The molecule has 0 fully saturated rings. The van der Waals surface area contributed by atoms with Crippen LogP contribution >= 0.6 is 0 Å². The third-order valence-electron chi connectivity index (χ3n) is 2.45. The van der Waals surface area contributed by atoms with Gasteiger partial charge in [0, 0.05) is 11.8 Å². The number of benzene rings is 1. The second-order valence-electron chi connectivity index (χ2n) is 3.73. The SMILES string of the molecule is COc1ccc(C=O)cc1Oc1cn(O)ccc1=N. The largest absolute Gasteiger partial charge is 0.493 e. The van der Waals surface area contributed by atoms with Crippen molar-refractivity contribution in [2.45, 2.75) is 0 Å². The molecule has 0 radical (unpaired) electrons. The molecule has 1 heterocycles. The van der Waals surface area contributed by atoms with Gasteiger partial charge in [-0.15, -0.1) is 0 Å². The predicted molar refractivity (Wildman–Crippen MR) is 65.9 cm³/mol. The van der Waals surface area contributed by atoms with Crippen LogP contribution in [0.4, 0.5) is 0 Å². The second-order valence-corrected chi connectivity index (χ2v) is 3.73. The molecule has 0 aliphatic rings. The summed E-state index contributed by atoms with van der Waals surface area (Å²) < 4.78 is 11.4. The Labute approximate surface area is 108 Å². The Morgan fingerprint density at radius 1 is 1.26 bits per heavy atom. The summed E-state index contributed by atoms with van der Waals surface area (Å²) in [5.41, 5.74) is 0.426. The van der Waals surface area contributed by atoms with E-state index < -0.39 is 0 Å². The van der Waals surface area contributed by atoms with E-state index in [9.17, 15) is 10.0 Å². The molecule has 0 saturated carbocycles. The van der Waals surface area contributed by atoms with E-state index in [0.717, 1.165) is 4.73 Å². The first-order valence-corrected chi connectivity index (χ1v) is 5.41. The van der Waals surface area contributed by atoms with Gasteiger partial charge in [-0.3, -0.25) is 10.2 Å². The molecule has 6 nitrogen and oxygen atoms in total. The second kappa shape index (κ2) is 5.26. The van der Waals surface area contributed by atoms with Crippen molar-refractivity contribution in [1.29, 1.82) is 5.41 Å². The highest BCUT2D eigenvalue weighted by atomic mass is 16.5. The molecule has 0 atom stereocenters. The molecule has 1 aromatic heterocycles. The first kappa shape index (κ1) is 12.7. The monoisotopic (exact) mass is 260 g/mol. The van der Waals surface area contributed by atoms with Crippen molar-refractivity contribution in [2.24, 2.45) is 0 Å². The number of rotatable bonds is 4. The van der Waals surface area contributed by atoms with Crippen molar-refractivity contribution in [3.8, 4) is 17.2 Å². The molecule has 0 bridgehead atoms. The van der Waals surface area contributed by atoms with Gasteiger partial charge in [0.05, 0.1) is 18.7 Å². The van der Waals surface area contributed by atoms with Crippen molar-refractivity contribution in [2.75, 3.05) is 7.11 Å². The Bertz CT molecular complexity index is 664. The summed E-state index contributed by atoms with van der Waals surface area (Å²) in [5, 5.41) is 17.1. The fraction of sp³-hybridized carbons (Fsp3) is 0.0769. The Balaban J connectivity index is 2.44. The van der Waals surface area contributed by atoms with E-state index in [0.29, 0.717) is 23.3 Å². The van der Waals surface area contributed by atoms with Gasteiger partial charge in [0.1, 0.15) is 6.29 Å². The minimum Gasteiger partial charge on any atom is -0.493 e. The molecule has 0 saturated heterocycles. The van der Waals surface area contributed by atoms with Crippen molar-refractivity contribution < 1.29 is 19.5 Å². The molecular formula is C13H12N2O4. The molecule has 98 valence electrons.